The molecule has 0 aliphatic rings. The van der Waals surface area contributed by atoms with Crippen LogP contribution < -0.4 is 5.73 Å². The number of rotatable bonds is 6. The number of likely N-dealkylation sites (N-methyl/N-ethyl adjacent to an activating group) is 1. The van der Waals surface area contributed by atoms with Crippen LogP contribution in [0.4, 0.5) is 0 Å². The minimum Gasteiger partial charge on any atom is -0.329 e. The van der Waals surface area contributed by atoms with E-state index in [2.05, 4.69) is 64.1 Å². The van der Waals surface area contributed by atoms with Gasteiger partial charge in [0.1, 0.15) is 0 Å². The quantitative estimate of drug-likeness (QED) is 0.871. The van der Waals surface area contributed by atoms with Crippen molar-refractivity contribution >= 4 is 15.9 Å². The molecule has 1 atom stereocenters. The predicted octanol–water partition coefficient (Wildman–Crippen LogP) is 3.33. The molecule has 0 bridgehead atoms. The Morgan fingerprint density at radius 1 is 1.29 bits per heavy atom. The Balaban J connectivity index is 2.06. The summed E-state index contributed by atoms with van der Waals surface area (Å²) in [6, 6.07) is 12.7. The number of hydrogen-bond donors (Lipinski definition) is 1. The van der Waals surface area contributed by atoms with Crippen molar-refractivity contribution in [3.8, 4) is 0 Å². The van der Waals surface area contributed by atoms with Crippen LogP contribution in [0.2, 0.25) is 0 Å². The average Bonchev–Trinajstić information content (AvgIpc) is 2.49. The molecule has 2 aromatic rings. The van der Waals surface area contributed by atoms with Crippen LogP contribution in [-0.4, -0.2) is 30.0 Å². The Hall–Kier alpha value is -1.23. The van der Waals surface area contributed by atoms with E-state index in [1.54, 1.807) is 0 Å². The lowest BCUT2D eigenvalue weighted by Crippen LogP contribution is -2.32. The highest BCUT2D eigenvalue weighted by Gasteiger charge is 2.17. The van der Waals surface area contributed by atoms with Crippen LogP contribution >= 0.6 is 15.9 Å². The molecule has 0 radical (unpaired) electrons. The zero-order valence-electron chi connectivity index (χ0n) is 12.6. The average molecular weight is 348 g/mol. The fourth-order valence-electron chi connectivity index (χ4n) is 2.44. The standard InChI is InChI=1S/C17H22BrN3/c1-13-6-7-15(16(18)11-13)17(12-19)21(2)10-8-14-5-3-4-9-20-14/h3-7,9,11,17H,8,10,12,19H2,1-2H3. The van der Waals surface area contributed by atoms with Crippen LogP contribution in [-0.2, 0) is 6.42 Å². The van der Waals surface area contributed by atoms with Gasteiger partial charge >= 0.3 is 0 Å². The second-order valence-electron chi connectivity index (χ2n) is 5.33. The minimum atomic E-state index is 0.212. The lowest BCUT2D eigenvalue weighted by Gasteiger charge is -2.28. The molecule has 0 saturated carbocycles. The molecule has 0 saturated heterocycles. The Morgan fingerprint density at radius 2 is 2.10 bits per heavy atom. The second kappa shape index (κ2) is 7.69. The first kappa shape index (κ1) is 16.1. The highest BCUT2D eigenvalue weighted by molar-refractivity contribution is 9.10. The van der Waals surface area contributed by atoms with Gasteiger partial charge in [-0.2, -0.15) is 0 Å². The lowest BCUT2D eigenvalue weighted by molar-refractivity contribution is 0.252. The third kappa shape index (κ3) is 4.37. The van der Waals surface area contributed by atoms with Crippen LogP contribution in [0.15, 0.2) is 47.1 Å². The Morgan fingerprint density at radius 3 is 2.71 bits per heavy atom. The molecule has 112 valence electrons. The molecule has 4 heteroatoms. The van der Waals surface area contributed by atoms with Gasteiger partial charge in [-0.05, 0) is 43.3 Å². The zero-order valence-corrected chi connectivity index (χ0v) is 14.2. The normalized spacial score (nSPS) is 12.6. The molecule has 1 aromatic heterocycles. The van der Waals surface area contributed by atoms with Crippen molar-refractivity contribution in [3.05, 3.63) is 63.9 Å². The molecule has 1 heterocycles. The van der Waals surface area contributed by atoms with Gasteiger partial charge in [-0.3, -0.25) is 9.88 Å². The monoisotopic (exact) mass is 347 g/mol. The summed E-state index contributed by atoms with van der Waals surface area (Å²) in [7, 11) is 2.12. The second-order valence-corrected chi connectivity index (χ2v) is 6.18. The molecule has 3 nitrogen and oxygen atoms in total. The zero-order chi connectivity index (χ0) is 15.2. The highest BCUT2D eigenvalue weighted by atomic mass is 79.9. The van der Waals surface area contributed by atoms with Crippen molar-refractivity contribution in [2.75, 3.05) is 20.1 Å². The van der Waals surface area contributed by atoms with E-state index >= 15 is 0 Å². The van der Waals surface area contributed by atoms with Gasteiger partial charge in [0, 0.05) is 41.9 Å². The van der Waals surface area contributed by atoms with Gasteiger partial charge in [0.15, 0.2) is 0 Å². The third-order valence-corrected chi connectivity index (χ3v) is 4.40. The van der Waals surface area contributed by atoms with Gasteiger partial charge in [0.05, 0.1) is 0 Å². The minimum absolute atomic E-state index is 0.212. The number of halogens is 1. The maximum Gasteiger partial charge on any atom is 0.0478 e. The van der Waals surface area contributed by atoms with Crippen molar-refractivity contribution in [2.45, 2.75) is 19.4 Å². The summed E-state index contributed by atoms with van der Waals surface area (Å²) in [4.78, 5) is 6.67. The molecule has 0 fully saturated rings. The molecule has 2 rings (SSSR count). The van der Waals surface area contributed by atoms with Gasteiger partial charge < -0.3 is 5.73 Å². The molecule has 0 spiro atoms. The summed E-state index contributed by atoms with van der Waals surface area (Å²) in [5, 5.41) is 0. The summed E-state index contributed by atoms with van der Waals surface area (Å²) in [6.45, 7) is 3.62. The molecule has 2 N–H and O–H groups in total. The van der Waals surface area contributed by atoms with E-state index in [1.807, 2.05) is 18.3 Å². The fraction of sp³-hybridized carbons (Fsp3) is 0.353. The third-order valence-electron chi connectivity index (χ3n) is 3.72. The topological polar surface area (TPSA) is 42.1 Å². The summed E-state index contributed by atoms with van der Waals surface area (Å²) in [5.41, 5.74) is 9.61. The molecular formula is C17H22BrN3. The van der Waals surface area contributed by atoms with E-state index in [1.165, 1.54) is 11.1 Å². The van der Waals surface area contributed by atoms with E-state index in [0.717, 1.165) is 23.1 Å². The van der Waals surface area contributed by atoms with Gasteiger partial charge in [-0.25, -0.2) is 0 Å². The lowest BCUT2D eigenvalue weighted by atomic mass is 10.0. The van der Waals surface area contributed by atoms with E-state index < -0.39 is 0 Å². The molecule has 0 aliphatic heterocycles. The number of nitrogens with two attached hydrogens (primary N) is 1. The Kier molecular flexibility index (Phi) is 5.91. The van der Waals surface area contributed by atoms with E-state index in [-0.39, 0.29) is 6.04 Å². The molecule has 21 heavy (non-hydrogen) atoms. The fourth-order valence-corrected chi connectivity index (χ4v) is 3.20. The van der Waals surface area contributed by atoms with Crippen molar-refractivity contribution in [2.24, 2.45) is 5.73 Å². The van der Waals surface area contributed by atoms with Gasteiger partial charge in [0.2, 0.25) is 0 Å². The maximum absolute atomic E-state index is 6.00. The van der Waals surface area contributed by atoms with Crippen molar-refractivity contribution in [1.29, 1.82) is 0 Å². The largest absolute Gasteiger partial charge is 0.329 e. The Bertz CT molecular complexity index is 572. The molecule has 1 aromatic carbocycles. The number of hydrogen-bond acceptors (Lipinski definition) is 3. The number of nitrogens with zero attached hydrogens (tertiary/aromatic N) is 2. The number of benzene rings is 1. The summed E-state index contributed by atoms with van der Waals surface area (Å²) >= 11 is 3.66. The number of pyridine rings is 1. The number of aryl methyl sites for hydroxylation is 1. The first-order valence-corrected chi connectivity index (χ1v) is 7.97. The van der Waals surface area contributed by atoms with Crippen molar-refractivity contribution in [1.82, 2.24) is 9.88 Å². The van der Waals surface area contributed by atoms with E-state index in [0.29, 0.717) is 6.54 Å². The summed E-state index contributed by atoms with van der Waals surface area (Å²) in [6.07, 6.45) is 2.77. The Labute approximate surface area is 135 Å². The summed E-state index contributed by atoms with van der Waals surface area (Å²) < 4.78 is 1.13. The predicted molar refractivity (Wildman–Crippen MR) is 91.2 cm³/mol. The molecular weight excluding hydrogens is 326 g/mol. The van der Waals surface area contributed by atoms with E-state index in [9.17, 15) is 0 Å². The van der Waals surface area contributed by atoms with Gasteiger partial charge in [-0.15, -0.1) is 0 Å². The van der Waals surface area contributed by atoms with E-state index in [4.69, 9.17) is 5.73 Å². The van der Waals surface area contributed by atoms with Crippen LogP contribution in [0.1, 0.15) is 22.9 Å². The first-order chi connectivity index (χ1) is 10.1. The SMILES string of the molecule is Cc1ccc(C(CN)N(C)CCc2ccccn2)c(Br)c1. The van der Waals surface area contributed by atoms with Gasteiger partial charge in [0.25, 0.3) is 0 Å². The first-order valence-electron chi connectivity index (χ1n) is 7.18. The van der Waals surface area contributed by atoms with Gasteiger partial charge in [-0.1, -0.05) is 34.1 Å². The highest BCUT2D eigenvalue weighted by Crippen LogP contribution is 2.27. The molecule has 0 aliphatic carbocycles. The van der Waals surface area contributed by atoms with Crippen LogP contribution in [0, 0.1) is 6.92 Å². The summed E-state index contributed by atoms with van der Waals surface area (Å²) in [5.74, 6) is 0. The molecule has 0 amide bonds. The van der Waals surface area contributed by atoms with Crippen LogP contribution in [0.25, 0.3) is 0 Å². The molecule has 1 unspecified atom stereocenters. The smallest absolute Gasteiger partial charge is 0.0478 e. The van der Waals surface area contributed by atoms with Crippen LogP contribution in [0.3, 0.4) is 0 Å². The van der Waals surface area contributed by atoms with Crippen molar-refractivity contribution in [3.63, 3.8) is 0 Å². The number of aromatic nitrogens is 1. The van der Waals surface area contributed by atoms with Crippen molar-refractivity contribution < 1.29 is 0 Å². The maximum atomic E-state index is 6.00. The van der Waals surface area contributed by atoms with Crippen LogP contribution in [0.5, 0.6) is 0 Å².